The monoisotopic (exact) mass is 295 g/mol. The van der Waals surface area contributed by atoms with Crippen LogP contribution in [0.1, 0.15) is 57.8 Å². The van der Waals surface area contributed by atoms with Crippen LogP contribution in [-0.2, 0) is 0 Å². The molecule has 0 amide bonds. The first kappa shape index (κ1) is 16.1. The van der Waals surface area contributed by atoms with E-state index in [0.717, 1.165) is 25.7 Å². The number of hydrogen-bond acceptors (Lipinski definition) is 1. The van der Waals surface area contributed by atoms with Crippen LogP contribution in [0.5, 0.6) is 0 Å². The van der Waals surface area contributed by atoms with Crippen LogP contribution in [0.15, 0.2) is 0 Å². The van der Waals surface area contributed by atoms with Gasteiger partial charge in [0.15, 0.2) is 0 Å². The van der Waals surface area contributed by atoms with E-state index >= 15 is 0 Å². The predicted molar refractivity (Wildman–Crippen MR) is 71.3 cm³/mol. The molecule has 0 aromatic rings. The molecule has 118 valence electrons. The minimum absolute atomic E-state index is 0.00326. The van der Waals surface area contributed by atoms with Gasteiger partial charge in [-0.2, -0.15) is 8.78 Å². The predicted octanol–water partition coefficient (Wildman–Crippen LogP) is 4.62. The largest absolute Gasteiger partial charge is 0.319 e. The molecule has 2 unspecified atom stereocenters. The van der Waals surface area contributed by atoms with Gasteiger partial charge in [-0.25, -0.2) is 8.78 Å². The standard InChI is InChI=1S/C15H25F4N/c16-14(17)15(18,19)10-20-13-9-5-4-8-12(13)11-6-2-1-3-7-11/h11-14,20H,1-10H2. The zero-order valence-electron chi connectivity index (χ0n) is 11.9. The van der Waals surface area contributed by atoms with Crippen LogP contribution in [0, 0.1) is 11.8 Å². The number of rotatable bonds is 5. The third-order valence-electron chi connectivity index (χ3n) is 4.99. The molecule has 2 aliphatic rings. The van der Waals surface area contributed by atoms with Crippen molar-refractivity contribution in [2.75, 3.05) is 6.54 Å². The van der Waals surface area contributed by atoms with Gasteiger partial charge in [0.25, 0.3) is 0 Å². The zero-order valence-corrected chi connectivity index (χ0v) is 11.9. The second-order valence-corrected chi connectivity index (χ2v) is 6.40. The number of alkyl halides is 4. The summed E-state index contributed by atoms with van der Waals surface area (Å²) in [5.74, 6) is -2.91. The van der Waals surface area contributed by atoms with Gasteiger partial charge in [-0.05, 0) is 24.7 Å². The molecule has 2 fully saturated rings. The van der Waals surface area contributed by atoms with Crippen molar-refractivity contribution in [1.29, 1.82) is 0 Å². The van der Waals surface area contributed by atoms with Crippen molar-refractivity contribution in [2.45, 2.75) is 76.2 Å². The molecule has 2 rings (SSSR count). The summed E-state index contributed by atoms with van der Waals surface area (Å²) < 4.78 is 50.6. The van der Waals surface area contributed by atoms with Crippen LogP contribution in [0.2, 0.25) is 0 Å². The van der Waals surface area contributed by atoms with E-state index < -0.39 is 18.9 Å². The summed E-state index contributed by atoms with van der Waals surface area (Å²) in [4.78, 5) is 0. The van der Waals surface area contributed by atoms with Crippen LogP contribution in [0.25, 0.3) is 0 Å². The van der Waals surface area contributed by atoms with E-state index in [1.807, 2.05) is 0 Å². The molecule has 0 spiro atoms. The lowest BCUT2D eigenvalue weighted by atomic mass is 9.71. The fourth-order valence-electron chi connectivity index (χ4n) is 3.88. The van der Waals surface area contributed by atoms with E-state index in [2.05, 4.69) is 5.32 Å². The summed E-state index contributed by atoms with van der Waals surface area (Å²) in [5, 5.41) is 2.76. The van der Waals surface area contributed by atoms with Gasteiger partial charge >= 0.3 is 12.3 Å². The molecule has 2 aliphatic carbocycles. The Bertz CT molecular complexity index is 290. The Kier molecular flexibility index (Phi) is 5.70. The first-order chi connectivity index (χ1) is 9.50. The highest BCUT2D eigenvalue weighted by molar-refractivity contribution is 4.88. The van der Waals surface area contributed by atoms with Gasteiger partial charge in [0.05, 0.1) is 6.54 Å². The molecule has 0 heterocycles. The second-order valence-electron chi connectivity index (χ2n) is 6.40. The number of nitrogens with one attached hydrogen (secondary N) is 1. The minimum atomic E-state index is -3.91. The smallest absolute Gasteiger partial charge is 0.308 e. The zero-order chi connectivity index (χ0) is 14.6. The normalized spacial score (nSPS) is 29.9. The van der Waals surface area contributed by atoms with Gasteiger partial charge in [-0.15, -0.1) is 0 Å². The highest BCUT2D eigenvalue weighted by Crippen LogP contribution is 2.38. The van der Waals surface area contributed by atoms with Gasteiger partial charge in [0, 0.05) is 6.04 Å². The molecule has 0 saturated heterocycles. The van der Waals surface area contributed by atoms with Crippen molar-refractivity contribution in [3.05, 3.63) is 0 Å². The van der Waals surface area contributed by atoms with E-state index in [0.29, 0.717) is 11.8 Å². The second kappa shape index (κ2) is 7.10. The molecule has 2 atom stereocenters. The molecule has 20 heavy (non-hydrogen) atoms. The van der Waals surface area contributed by atoms with E-state index in [-0.39, 0.29) is 6.04 Å². The Balaban J connectivity index is 1.89. The first-order valence-electron chi connectivity index (χ1n) is 7.90. The lowest BCUT2D eigenvalue weighted by Gasteiger charge is -2.40. The maximum atomic E-state index is 13.1. The highest BCUT2D eigenvalue weighted by atomic mass is 19.3. The quantitative estimate of drug-likeness (QED) is 0.730. The molecule has 1 nitrogen and oxygen atoms in total. The summed E-state index contributed by atoms with van der Waals surface area (Å²) in [6.45, 7) is -0.890. The maximum Gasteiger partial charge on any atom is 0.319 e. The molecule has 0 aliphatic heterocycles. The van der Waals surface area contributed by atoms with Gasteiger partial charge in [-0.3, -0.25) is 0 Å². The fraction of sp³-hybridized carbons (Fsp3) is 1.00. The Morgan fingerprint density at radius 1 is 0.900 bits per heavy atom. The number of hydrogen-bond donors (Lipinski definition) is 1. The molecule has 0 bridgehead atoms. The summed E-state index contributed by atoms with van der Waals surface area (Å²) in [6, 6.07) is -0.00326. The van der Waals surface area contributed by atoms with Crippen LogP contribution in [0.3, 0.4) is 0 Å². The lowest BCUT2D eigenvalue weighted by Crippen LogP contribution is -2.48. The minimum Gasteiger partial charge on any atom is -0.308 e. The first-order valence-corrected chi connectivity index (χ1v) is 7.90. The lowest BCUT2D eigenvalue weighted by molar-refractivity contribution is -0.127. The van der Waals surface area contributed by atoms with Gasteiger partial charge in [0.1, 0.15) is 0 Å². The van der Waals surface area contributed by atoms with Crippen molar-refractivity contribution < 1.29 is 17.6 Å². The summed E-state index contributed by atoms with van der Waals surface area (Å²) in [6.07, 6.45) is 6.55. The Morgan fingerprint density at radius 2 is 1.50 bits per heavy atom. The molecule has 1 N–H and O–H groups in total. The fourth-order valence-corrected chi connectivity index (χ4v) is 3.88. The van der Waals surface area contributed by atoms with Gasteiger partial charge < -0.3 is 5.32 Å². The van der Waals surface area contributed by atoms with Crippen molar-refractivity contribution in [1.82, 2.24) is 5.32 Å². The third-order valence-corrected chi connectivity index (χ3v) is 4.99. The average Bonchev–Trinajstić information content (AvgIpc) is 2.46. The van der Waals surface area contributed by atoms with Crippen LogP contribution in [0.4, 0.5) is 17.6 Å². The van der Waals surface area contributed by atoms with Crippen LogP contribution in [-0.4, -0.2) is 24.9 Å². The van der Waals surface area contributed by atoms with Gasteiger partial charge in [0.2, 0.25) is 0 Å². The van der Waals surface area contributed by atoms with Crippen molar-refractivity contribution in [3.8, 4) is 0 Å². The number of halogens is 4. The van der Waals surface area contributed by atoms with Crippen molar-refractivity contribution >= 4 is 0 Å². The van der Waals surface area contributed by atoms with E-state index in [1.54, 1.807) is 0 Å². The van der Waals surface area contributed by atoms with Crippen molar-refractivity contribution in [3.63, 3.8) is 0 Å². The maximum absolute atomic E-state index is 13.1. The molecule has 5 heteroatoms. The topological polar surface area (TPSA) is 12.0 Å². The Morgan fingerprint density at radius 3 is 2.15 bits per heavy atom. The summed E-state index contributed by atoms with van der Waals surface area (Å²) in [5.41, 5.74) is 0. The molecule has 0 aromatic heterocycles. The molecular formula is C15H25F4N. The van der Waals surface area contributed by atoms with Crippen molar-refractivity contribution in [2.24, 2.45) is 11.8 Å². The molecule has 0 aromatic carbocycles. The summed E-state index contributed by atoms with van der Waals surface area (Å²) >= 11 is 0. The van der Waals surface area contributed by atoms with E-state index in [1.165, 1.54) is 32.1 Å². The SMILES string of the molecule is FC(F)C(F)(F)CNC1CCCCC1C1CCCCC1. The Labute approximate surface area is 118 Å². The van der Waals surface area contributed by atoms with Crippen LogP contribution < -0.4 is 5.32 Å². The van der Waals surface area contributed by atoms with Gasteiger partial charge in [-0.1, -0.05) is 44.9 Å². The van der Waals surface area contributed by atoms with E-state index in [9.17, 15) is 17.6 Å². The van der Waals surface area contributed by atoms with E-state index in [4.69, 9.17) is 0 Å². The third kappa shape index (κ3) is 4.09. The van der Waals surface area contributed by atoms with Crippen LogP contribution >= 0.6 is 0 Å². The average molecular weight is 295 g/mol. The Hall–Kier alpha value is -0.320. The molecular weight excluding hydrogens is 270 g/mol. The highest BCUT2D eigenvalue weighted by Gasteiger charge is 2.42. The molecule has 0 radical (unpaired) electrons. The molecule has 2 saturated carbocycles. The summed E-state index contributed by atoms with van der Waals surface area (Å²) in [7, 11) is 0.